The molecular weight excluding hydrogens is 240 g/mol. The molecule has 2 aromatic carbocycles. The van der Waals surface area contributed by atoms with E-state index in [0.29, 0.717) is 0 Å². The van der Waals surface area contributed by atoms with E-state index < -0.39 is 6.10 Å². The summed E-state index contributed by atoms with van der Waals surface area (Å²) in [4.78, 5) is 1.84. The van der Waals surface area contributed by atoms with E-state index in [-0.39, 0.29) is 0 Å². The lowest BCUT2D eigenvalue weighted by atomic mass is 10.1. The lowest BCUT2D eigenvalue weighted by molar-refractivity contribution is 0.225. The summed E-state index contributed by atoms with van der Waals surface area (Å²) in [5, 5.41) is 10.2. The van der Waals surface area contributed by atoms with Gasteiger partial charge in [-0.05, 0) is 24.6 Å². The van der Waals surface area contributed by atoms with Gasteiger partial charge in [-0.1, -0.05) is 66.4 Å². The van der Waals surface area contributed by atoms with E-state index in [2.05, 4.69) is 25.6 Å². The van der Waals surface area contributed by atoms with Gasteiger partial charge in [0.05, 0.1) is 0 Å². The maximum absolute atomic E-state index is 10.2. The van der Waals surface area contributed by atoms with Crippen LogP contribution in [0.2, 0.25) is 0 Å². The van der Waals surface area contributed by atoms with Crippen LogP contribution in [0.5, 0.6) is 0 Å². The van der Waals surface area contributed by atoms with Crippen LogP contribution in [0, 0.1) is 6.92 Å². The zero-order valence-corrected chi connectivity index (χ0v) is 11.2. The van der Waals surface area contributed by atoms with E-state index in [1.165, 1.54) is 17.3 Å². The van der Waals surface area contributed by atoms with Crippen molar-refractivity contribution in [2.45, 2.75) is 17.9 Å². The Labute approximate surface area is 112 Å². The fourth-order valence-electron chi connectivity index (χ4n) is 1.63. The van der Waals surface area contributed by atoms with Crippen molar-refractivity contribution in [1.29, 1.82) is 0 Å². The van der Waals surface area contributed by atoms with E-state index in [4.69, 9.17) is 0 Å². The summed E-state index contributed by atoms with van der Waals surface area (Å²) in [6.45, 7) is 6.02. The molecule has 2 aromatic rings. The predicted molar refractivity (Wildman–Crippen MR) is 77.6 cm³/mol. The van der Waals surface area contributed by atoms with Crippen LogP contribution in [-0.4, -0.2) is 5.11 Å². The molecule has 0 aliphatic heterocycles. The third-order valence-corrected chi connectivity index (χ3v) is 3.68. The van der Waals surface area contributed by atoms with Gasteiger partial charge >= 0.3 is 0 Å². The fraction of sp³-hybridized carbons (Fsp3) is 0.125. The van der Waals surface area contributed by atoms with Crippen molar-refractivity contribution in [1.82, 2.24) is 0 Å². The van der Waals surface area contributed by atoms with Crippen LogP contribution in [0.15, 0.2) is 71.0 Å². The Kier molecular flexibility index (Phi) is 4.24. The van der Waals surface area contributed by atoms with E-state index in [9.17, 15) is 5.11 Å². The zero-order valence-electron chi connectivity index (χ0n) is 10.3. The van der Waals surface area contributed by atoms with Crippen molar-refractivity contribution in [3.63, 3.8) is 0 Å². The smallest absolute Gasteiger partial charge is 0.110 e. The van der Waals surface area contributed by atoms with Gasteiger partial charge in [-0.15, -0.1) is 0 Å². The molecule has 2 rings (SSSR count). The lowest BCUT2D eigenvalue weighted by Crippen LogP contribution is -1.97. The molecule has 18 heavy (non-hydrogen) atoms. The summed E-state index contributed by atoms with van der Waals surface area (Å²) in [5.74, 6) is 0. The first-order valence-corrected chi connectivity index (χ1v) is 6.65. The van der Waals surface area contributed by atoms with Crippen molar-refractivity contribution in [3.8, 4) is 0 Å². The van der Waals surface area contributed by atoms with Gasteiger partial charge < -0.3 is 5.11 Å². The SMILES string of the molecule is C=C(Sc1ccc(C)cc1)C(O)c1ccccc1. The summed E-state index contributed by atoms with van der Waals surface area (Å²) in [6.07, 6.45) is -0.627. The Morgan fingerprint density at radius 1 is 1.06 bits per heavy atom. The first-order chi connectivity index (χ1) is 8.66. The molecule has 0 bridgehead atoms. The lowest BCUT2D eigenvalue weighted by Gasteiger charge is -2.13. The van der Waals surface area contributed by atoms with Crippen LogP contribution in [0.4, 0.5) is 0 Å². The van der Waals surface area contributed by atoms with E-state index in [1.54, 1.807) is 0 Å². The van der Waals surface area contributed by atoms with Gasteiger partial charge in [0.2, 0.25) is 0 Å². The van der Waals surface area contributed by atoms with Crippen molar-refractivity contribution in [2.75, 3.05) is 0 Å². The van der Waals surface area contributed by atoms with Crippen molar-refractivity contribution in [3.05, 3.63) is 77.2 Å². The summed E-state index contributed by atoms with van der Waals surface area (Å²) < 4.78 is 0. The van der Waals surface area contributed by atoms with E-state index in [0.717, 1.165) is 15.4 Å². The minimum Gasteiger partial charge on any atom is -0.383 e. The highest BCUT2D eigenvalue weighted by Crippen LogP contribution is 2.34. The van der Waals surface area contributed by atoms with Gasteiger partial charge in [-0.3, -0.25) is 0 Å². The molecule has 0 heterocycles. The fourth-order valence-corrected chi connectivity index (χ4v) is 2.46. The Morgan fingerprint density at radius 3 is 2.28 bits per heavy atom. The summed E-state index contributed by atoms with van der Waals surface area (Å²) in [6, 6.07) is 17.8. The van der Waals surface area contributed by atoms with Gasteiger partial charge in [0.25, 0.3) is 0 Å². The van der Waals surface area contributed by atoms with Crippen LogP contribution in [0.1, 0.15) is 17.2 Å². The van der Waals surface area contributed by atoms with Crippen LogP contribution in [0.3, 0.4) is 0 Å². The molecule has 92 valence electrons. The quantitative estimate of drug-likeness (QED) is 0.821. The average Bonchev–Trinajstić information content (AvgIpc) is 2.41. The van der Waals surface area contributed by atoms with Gasteiger partial charge in [0.15, 0.2) is 0 Å². The maximum Gasteiger partial charge on any atom is 0.110 e. The number of rotatable bonds is 4. The van der Waals surface area contributed by atoms with Crippen molar-refractivity contribution < 1.29 is 5.11 Å². The first kappa shape index (κ1) is 12.9. The number of hydrogen-bond donors (Lipinski definition) is 1. The Hall–Kier alpha value is -1.51. The minimum atomic E-state index is -0.627. The largest absolute Gasteiger partial charge is 0.383 e. The monoisotopic (exact) mass is 256 g/mol. The molecular formula is C16H16OS. The summed E-state index contributed by atoms with van der Waals surface area (Å²) in [7, 11) is 0. The normalized spacial score (nSPS) is 12.1. The molecule has 2 heteroatoms. The highest BCUT2D eigenvalue weighted by molar-refractivity contribution is 8.03. The van der Waals surface area contributed by atoms with Crippen LogP contribution in [0.25, 0.3) is 0 Å². The molecule has 0 saturated carbocycles. The number of aliphatic hydroxyl groups is 1. The highest BCUT2D eigenvalue weighted by Gasteiger charge is 2.12. The molecule has 0 saturated heterocycles. The molecule has 1 unspecified atom stereocenters. The van der Waals surface area contributed by atoms with E-state index >= 15 is 0 Å². The summed E-state index contributed by atoms with van der Waals surface area (Å²) in [5.41, 5.74) is 2.11. The van der Waals surface area contributed by atoms with Crippen molar-refractivity contribution in [2.24, 2.45) is 0 Å². The van der Waals surface area contributed by atoms with E-state index in [1.807, 2.05) is 42.5 Å². The second-order valence-electron chi connectivity index (χ2n) is 4.19. The van der Waals surface area contributed by atoms with Crippen LogP contribution < -0.4 is 0 Å². The highest BCUT2D eigenvalue weighted by atomic mass is 32.2. The molecule has 0 aliphatic rings. The third kappa shape index (κ3) is 3.25. The molecule has 0 fully saturated rings. The number of benzene rings is 2. The van der Waals surface area contributed by atoms with Gasteiger partial charge in [0, 0.05) is 9.80 Å². The third-order valence-electron chi connectivity index (χ3n) is 2.69. The molecule has 0 spiro atoms. The number of aryl methyl sites for hydroxylation is 1. The van der Waals surface area contributed by atoms with Gasteiger partial charge in [-0.25, -0.2) is 0 Å². The molecule has 0 amide bonds. The minimum absolute atomic E-state index is 0.627. The summed E-state index contributed by atoms with van der Waals surface area (Å²) >= 11 is 1.51. The number of aliphatic hydroxyl groups excluding tert-OH is 1. The zero-order chi connectivity index (χ0) is 13.0. The predicted octanol–water partition coefficient (Wildman–Crippen LogP) is 4.33. The molecule has 1 N–H and O–H groups in total. The number of thioether (sulfide) groups is 1. The second-order valence-corrected chi connectivity index (χ2v) is 5.39. The van der Waals surface area contributed by atoms with Crippen LogP contribution in [-0.2, 0) is 0 Å². The maximum atomic E-state index is 10.2. The molecule has 1 nitrogen and oxygen atoms in total. The van der Waals surface area contributed by atoms with Gasteiger partial charge in [-0.2, -0.15) is 0 Å². The first-order valence-electron chi connectivity index (χ1n) is 5.83. The standard InChI is InChI=1S/C16H16OS/c1-12-8-10-15(11-9-12)18-13(2)16(17)14-6-4-3-5-7-14/h3-11,16-17H,2H2,1H3. The number of hydrogen-bond acceptors (Lipinski definition) is 2. The molecule has 0 radical (unpaired) electrons. The van der Waals surface area contributed by atoms with Crippen molar-refractivity contribution >= 4 is 11.8 Å². The Bertz CT molecular complexity index is 517. The topological polar surface area (TPSA) is 20.2 Å². The Balaban J connectivity index is 2.06. The second kappa shape index (κ2) is 5.89. The molecule has 0 aliphatic carbocycles. The Morgan fingerprint density at radius 2 is 1.67 bits per heavy atom. The molecule has 1 atom stereocenters. The van der Waals surface area contributed by atoms with Gasteiger partial charge in [0.1, 0.15) is 6.10 Å². The average molecular weight is 256 g/mol. The van der Waals surface area contributed by atoms with Crippen LogP contribution >= 0.6 is 11.8 Å². The molecule has 0 aromatic heterocycles.